The van der Waals surface area contributed by atoms with Crippen molar-refractivity contribution >= 4 is 11.9 Å². The van der Waals surface area contributed by atoms with Crippen molar-refractivity contribution in [3.63, 3.8) is 0 Å². The highest BCUT2D eigenvalue weighted by Crippen LogP contribution is 2.35. The zero-order valence-electron chi connectivity index (χ0n) is 11.7. The summed E-state index contributed by atoms with van der Waals surface area (Å²) < 4.78 is 0. The lowest BCUT2D eigenvalue weighted by Crippen LogP contribution is -2.51. The Hall–Kier alpha value is -1.10. The molecule has 0 spiro atoms. The molecule has 1 amide bonds. The number of hydrogen-bond donors (Lipinski definition) is 3. The fraction of sp³-hybridized carbons (Fsp3) is 0.857. The first-order chi connectivity index (χ1) is 8.97. The number of carboxylic acids is 1. The van der Waals surface area contributed by atoms with Crippen molar-refractivity contribution in [3.05, 3.63) is 0 Å². The molecule has 2 rings (SSSR count). The van der Waals surface area contributed by atoms with Gasteiger partial charge in [-0.1, -0.05) is 20.3 Å². The van der Waals surface area contributed by atoms with Crippen LogP contribution in [0.25, 0.3) is 0 Å². The van der Waals surface area contributed by atoms with Gasteiger partial charge < -0.3 is 15.7 Å². The fourth-order valence-electron chi connectivity index (χ4n) is 3.40. The van der Waals surface area contributed by atoms with Crippen LogP contribution in [0.15, 0.2) is 0 Å². The predicted molar refractivity (Wildman–Crippen MR) is 71.7 cm³/mol. The minimum atomic E-state index is -0.786. The highest BCUT2D eigenvalue weighted by Gasteiger charge is 2.45. The third-order valence-electron chi connectivity index (χ3n) is 4.90. The molecule has 108 valence electrons. The molecule has 1 aliphatic heterocycles. The van der Waals surface area contributed by atoms with Crippen LogP contribution in [-0.4, -0.2) is 36.1 Å². The predicted octanol–water partition coefficient (Wildman–Crippen LogP) is 0.992. The molecule has 2 aliphatic rings. The summed E-state index contributed by atoms with van der Waals surface area (Å²) in [6, 6.07) is -0.193. The van der Waals surface area contributed by atoms with E-state index in [1.54, 1.807) is 0 Å². The van der Waals surface area contributed by atoms with Crippen LogP contribution in [0.3, 0.4) is 0 Å². The van der Waals surface area contributed by atoms with Gasteiger partial charge in [-0.25, -0.2) is 0 Å². The summed E-state index contributed by atoms with van der Waals surface area (Å²) >= 11 is 0. The lowest BCUT2D eigenvalue weighted by Gasteiger charge is -2.33. The van der Waals surface area contributed by atoms with E-state index < -0.39 is 11.9 Å². The Morgan fingerprint density at radius 2 is 2.11 bits per heavy atom. The number of hydrogen-bond acceptors (Lipinski definition) is 3. The van der Waals surface area contributed by atoms with E-state index in [1.807, 2.05) is 0 Å². The summed E-state index contributed by atoms with van der Waals surface area (Å²) in [5.74, 6) is -0.911. The molecule has 5 nitrogen and oxygen atoms in total. The molecule has 0 radical (unpaired) electrons. The summed E-state index contributed by atoms with van der Waals surface area (Å²) in [6.07, 6.45) is 3.17. The van der Waals surface area contributed by atoms with E-state index in [9.17, 15) is 14.7 Å². The number of rotatable bonds is 4. The molecule has 1 saturated heterocycles. The zero-order valence-corrected chi connectivity index (χ0v) is 11.7. The Bertz CT molecular complexity index is 362. The van der Waals surface area contributed by atoms with Gasteiger partial charge in [0, 0.05) is 12.6 Å². The van der Waals surface area contributed by atoms with E-state index >= 15 is 0 Å². The quantitative estimate of drug-likeness (QED) is 0.710. The lowest BCUT2D eigenvalue weighted by atomic mass is 9.75. The van der Waals surface area contributed by atoms with Crippen LogP contribution < -0.4 is 10.6 Å². The molecule has 1 heterocycles. The van der Waals surface area contributed by atoms with Crippen molar-refractivity contribution in [2.24, 2.45) is 17.3 Å². The molecule has 2 fully saturated rings. The van der Waals surface area contributed by atoms with Crippen LogP contribution in [0.2, 0.25) is 0 Å². The van der Waals surface area contributed by atoms with Crippen molar-refractivity contribution in [2.45, 2.75) is 45.6 Å². The molecule has 0 bridgehead atoms. The molecule has 3 N–H and O–H groups in total. The number of carboxylic acid groups (broad SMARTS) is 1. The molecular formula is C14H24N2O3. The third kappa shape index (κ3) is 2.61. The zero-order chi connectivity index (χ0) is 14.0. The monoisotopic (exact) mass is 268 g/mol. The van der Waals surface area contributed by atoms with Gasteiger partial charge in [-0.15, -0.1) is 0 Å². The first kappa shape index (κ1) is 14.3. The van der Waals surface area contributed by atoms with Gasteiger partial charge >= 0.3 is 5.97 Å². The van der Waals surface area contributed by atoms with E-state index in [0.29, 0.717) is 13.0 Å². The maximum atomic E-state index is 12.6. The molecule has 1 aliphatic carbocycles. The van der Waals surface area contributed by atoms with Crippen molar-refractivity contribution in [1.29, 1.82) is 0 Å². The van der Waals surface area contributed by atoms with Gasteiger partial charge in [0.15, 0.2) is 0 Å². The van der Waals surface area contributed by atoms with Crippen LogP contribution in [0.1, 0.15) is 39.5 Å². The number of carbonyl (C=O) groups is 2. The van der Waals surface area contributed by atoms with Crippen molar-refractivity contribution < 1.29 is 14.7 Å². The number of nitrogens with one attached hydrogen (secondary N) is 2. The standard InChI is InChI=1S/C14H24N2O3/c1-9(2)14(6-7-15-8-14)13(19)16-11-5-3-4-10(11)12(17)18/h9-11,15H,3-8H2,1-2H3,(H,16,19)(H,17,18). The third-order valence-corrected chi connectivity index (χ3v) is 4.90. The topological polar surface area (TPSA) is 78.4 Å². The first-order valence-corrected chi connectivity index (χ1v) is 7.22. The maximum absolute atomic E-state index is 12.6. The number of carbonyl (C=O) groups excluding carboxylic acids is 1. The second-order valence-electron chi connectivity index (χ2n) is 6.19. The summed E-state index contributed by atoms with van der Waals surface area (Å²) in [4.78, 5) is 23.8. The van der Waals surface area contributed by atoms with Gasteiger partial charge in [0.2, 0.25) is 5.91 Å². The van der Waals surface area contributed by atoms with Crippen LogP contribution in [0.4, 0.5) is 0 Å². The SMILES string of the molecule is CC(C)C1(C(=O)NC2CCCC2C(=O)O)CCNC1. The summed E-state index contributed by atoms with van der Waals surface area (Å²) in [7, 11) is 0. The second-order valence-corrected chi connectivity index (χ2v) is 6.19. The van der Waals surface area contributed by atoms with Gasteiger partial charge in [0.1, 0.15) is 0 Å². The van der Waals surface area contributed by atoms with Gasteiger partial charge in [-0.05, 0) is 31.7 Å². The molecule has 5 heteroatoms. The molecule has 3 unspecified atom stereocenters. The fourth-order valence-corrected chi connectivity index (χ4v) is 3.40. The number of aliphatic carboxylic acids is 1. The smallest absolute Gasteiger partial charge is 0.308 e. The van der Waals surface area contributed by atoms with Crippen molar-refractivity contribution in [2.75, 3.05) is 13.1 Å². The molecule has 3 atom stereocenters. The largest absolute Gasteiger partial charge is 0.481 e. The van der Waals surface area contributed by atoms with Crippen molar-refractivity contribution in [3.8, 4) is 0 Å². The highest BCUT2D eigenvalue weighted by atomic mass is 16.4. The molecule has 0 aromatic carbocycles. The van der Waals surface area contributed by atoms with E-state index in [4.69, 9.17) is 0 Å². The molecule has 1 saturated carbocycles. The average Bonchev–Trinajstić information content (AvgIpc) is 2.97. The number of amides is 1. The maximum Gasteiger partial charge on any atom is 0.308 e. The van der Waals surface area contributed by atoms with Gasteiger partial charge in [-0.2, -0.15) is 0 Å². The van der Waals surface area contributed by atoms with Gasteiger partial charge in [-0.3, -0.25) is 9.59 Å². The second kappa shape index (κ2) is 5.49. The van der Waals surface area contributed by atoms with E-state index in [-0.39, 0.29) is 23.3 Å². The van der Waals surface area contributed by atoms with Gasteiger partial charge in [0.25, 0.3) is 0 Å². The Labute approximate surface area is 114 Å². The molecular weight excluding hydrogens is 244 g/mol. The molecule has 19 heavy (non-hydrogen) atoms. The highest BCUT2D eigenvalue weighted by molar-refractivity contribution is 5.84. The molecule has 0 aromatic rings. The van der Waals surface area contributed by atoms with Gasteiger partial charge in [0.05, 0.1) is 11.3 Å². The van der Waals surface area contributed by atoms with Crippen LogP contribution >= 0.6 is 0 Å². The Balaban J connectivity index is 2.05. The van der Waals surface area contributed by atoms with E-state index in [2.05, 4.69) is 24.5 Å². The minimum Gasteiger partial charge on any atom is -0.481 e. The van der Waals surface area contributed by atoms with Crippen LogP contribution in [0, 0.1) is 17.3 Å². The Morgan fingerprint density at radius 1 is 1.37 bits per heavy atom. The normalized spacial score (nSPS) is 34.7. The molecule has 0 aromatic heterocycles. The Kier molecular flexibility index (Phi) is 4.13. The average molecular weight is 268 g/mol. The van der Waals surface area contributed by atoms with E-state index in [1.165, 1.54) is 0 Å². The van der Waals surface area contributed by atoms with E-state index in [0.717, 1.165) is 25.8 Å². The van der Waals surface area contributed by atoms with Crippen molar-refractivity contribution in [1.82, 2.24) is 10.6 Å². The summed E-state index contributed by atoms with van der Waals surface area (Å²) in [5, 5.41) is 15.4. The first-order valence-electron chi connectivity index (χ1n) is 7.22. The Morgan fingerprint density at radius 3 is 2.63 bits per heavy atom. The van der Waals surface area contributed by atoms with Crippen LogP contribution in [0.5, 0.6) is 0 Å². The van der Waals surface area contributed by atoms with Crippen LogP contribution in [-0.2, 0) is 9.59 Å². The minimum absolute atomic E-state index is 0.0330. The summed E-state index contributed by atoms with van der Waals surface area (Å²) in [6.45, 7) is 5.69. The summed E-state index contributed by atoms with van der Waals surface area (Å²) in [5.41, 5.74) is -0.369. The lowest BCUT2D eigenvalue weighted by molar-refractivity contribution is -0.143.